The largest absolute Gasteiger partial charge is 0.384 e. The summed E-state index contributed by atoms with van der Waals surface area (Å²) in [6.07, 6.45) is 15.1. The third-order valence-corrected chi connectivity index (χ3v) is 7.83. The first-order chi connectivity index (χ1) is 16.2. The van der Waals surface area contributed by atoms with E-state index in [1.54, 1.807) is 14.2 Å². The van der Waals surface area contributed by atoms with Crippen LogP contribution >= 0.6 is 0 Å². The lowest BCUT2D eigenvalue weighted by Gasteiger charge is -2.48. The molecule has 0 aromatic heterocycles. The average Bonchev–Trinajstić information content (AvgIpc) is 2.86. The van der Waals surface area contributed by atoms with Crippen molar-refractivity contribution >= 4 is 0 Å². The Hall–Kier alpha value is -0.940. The SMILES string of the molecule is COCC(COC)(C1CCCCC1)C1CCCCC1.COCC(COC)Cc1ccccc1. The Bertz CT molecular complexity index is 547. The minimum atomic E-state index is 0.296. The Kier molecular flexibility index (Phi) is 14.3. The molecule has 0 heterocycles. The van der Waals surface area contributed by atoms with E-state index in [1.165, 1.54) is 69.8 Å². The number of hydrogen-bond acceptors (Lipinski definition) is 4. The van der Waals surface area contributed by atoms with Gasteiger partial charge in [-0.25, -0.2) is 0 Å². The van der Waals surface area contributed by atoms with E-state index in [2.05, 4.69) is 24.3 Å². The maximum Gasteiger partial charge on any atom is 0.0546 e. The highest BCUT2D eigenvalue weighted by Crippen LogP contribution is 2.49. The van der Waals surface area contributed by atoms with Gasteiger partial charge in [-0.3, -0.25) is 0 Å². The van der Waals surface area contributed by atoms with Gasteiger partial charge in [-0.1, -0.05) is 68.9 Å². The molecule has 0 radical (unpaired) electrons. The van der Waals surface area contributed by atoms with Crippen molar-refractivity contribution in [3.8, 4) is 0 Å². The van der Waals surface area contributed by atoms with Crippen molar-refractivity contribution in [1.82, 2.24) is 0 Å². The first-order valence-corrected chi connectivity index (χ1v) is 13.2. The van der Waals surface area contributed by atoms with E-state index < -0.39 is 0 Å². The standard InChI is InChI=1S/C17H32O2.C12H18O2/c1-18-13-17(14-19-2,15-9-5-3-6-10-15)16-11-7-4-8-12-16;1-13-9-12(10-14-2)8-11-6-4-3-5-7-11/h15-16H,3-14H2,1-2H3;3-7,12H,8-10H2,1-2H3. The molecular weight excluding hydrogens is 412 g/mol. The van der Waals surface area contributed by atoms with Gasteiger partial charge in [0.1, 0.15) is 0 Å². The smallest absolute Gasteiger partial charge is 0.0546 e. The first-order valence-electron chi connectivity index (χ1n) is 13.2. The lowest BCUT2D eigenvalue weighted by Crippen LogP contribution is -2.47. The van der Waals surface area contributed by atoms with E-state index in [0.29, 0.717) is 11.3 Å². The molecule has 33 heavy (non-hydrogen) atoms. The first kappa shape index (κ1) is 28.3. The van der Waals surface area contributed by atoms with Crippen LogP contribution in [-0.4, -0.2) is 54.9 Å². The second kappa shape index (κ2) is 16.6. The molecule has 1 aromatic carbocycles. The summed E-state index contributed by atoms with van der Waals surface area (Å²) in [4.78, 5) is 0. The minimum absolute atomic E-state index is 0.296. The Labute approximate surface area is 203 Å². The van der Waals surface area contributed by atoms with E-state index >= 15 is 0 Å². The predicted octanol–water partition coefficient (Wildman–Crippen LogP) is 6.56. The van der Waals surface area contributed by atoms with Crippen LogP contribution in [0.1, 0.15) is 69.8 Å². The van der Waals surface area contributed by atoms with Crippen molar-refractivity contribution in [2.75, 3.05) is 54.9 Å². The summed E-state index contributed by atoms with van der Waals surface area (Å²) in [5.74, 6) is 2.10. The third kappa shape index (κ3) is 9.32. The quantitative estimate of drug-likeness (QED) is 0.352. The summed E-state index contributed by atoms with van der Waals surface area (Å²) in [5, 5.41) is 0. The molecule has 3 rings (SSSR count). The molecular formula is C29H50O4. The molecule has 1 aromatic rings. The summed E-state index contributed by atoms with van der Waals surface area (Å²) in [6, 6.07) is 10.4. The second-order valence-corrected chi connectivity index (χ2v) is 10.2. The van der Waals surface area contributed by atoms with Crippen LogP contribution in [0.5, 0.6) is 0 Å². The number of rotatable bonds is 12. The number of methoxy groups -OCH3 is 4. The van der Waals surface area contributed by atoms with Gasteiger partial charge in [-0.2, -0.15) is 0 Å². The van der Waals surface area contributed by atoms with Gasteiger partial charge < -0.3 is 18.9 Å². The van der Waals surface area contributed by atoms with Crippen molar-refractivity contribution in [2.45, 2.75) is 70.6 Å². The number of benzene rings is 1. The Balaban J connectivity index is 0.000000245. The molecule has 190 valence electrons. The lowest BCUT2D eigenvalue weighted by molar-refractivity contribution is -0.0888. The zero-order chi connectivity index (χ0) is 23.8. The fraction of sp³-hybridized carbons (Fsp3) is 0.793. The van der Waals surface area contributed by atoms with Gasteiger partial charge in [0, 0.05) is 39.8 Å². The van der Waals surface area contributed by atoms with Crippen molar-refractivity contribution in [3.63, 3.8) is 0 Å². The molecule has 2 saturated carbocycles. The van der Waals surface area contributed by atoms with Crippen molar-refractivity contribution in [1.29, 1.82) is 0 Å². The number of hydrogen-bond donors (Lipinski definition) is 0. The van der Waals surface area contributed by atoms with Crippen LogP contribution in [0.2, 0.25) is 0 Å². The molecule has 0 amide bonds. The normalized spacial score (nSPS) is 18.2. The van der Waals surface area contributed by atoms with E-state index in [-0.39, 0.29) is 0 Å². The maximum atomic E-state index is 5.69. The molecule has 2 aliphatic carbocycles. The topological polar surface area (TPSA) is 36.9 Å². The molecule has 4 nitrogen and oxygen atoms in total. The summed E-state index contributed by atoms with van der Waals surface area (Å²) in [6.45, 7) is 3.30. The highest BCUT2D eigenvalue weighted by atomic mass is 16.5. The fourth-order valence-corrected chi connectivity index (χ4v) is 6.32. The average molecular weight is 463 g/mol. The van der Waals surface area contributed by atoms with Crippen LogP contribution in [-0.2, 0) is 25.4 Å². The van der Waals surface area contributed by atoms with E-state index in [1.807, 2.05) is 20.3 Å². The van der Waals surface area contributed by atoms with Crippen LogP contribution < -0.4 is 0 Å². The third-order valence-electron chi connectivity index (χ3n) is 7.83. The van der Waals surface area contributed by atoms with Crippen LogP contribution in [0.3, 0.4) is 0 Å². The van der Waals surface area contributed by atoms with Crippen LogP contribution in [0.15, 0.2) is 30.3 Å². The molecule has 0 spiro atoms. The molecule has 0 saturated heterocycles. The van der Waals surface area contributed by atoms with Gasteiger partial charge in [0.15, 0.2) is 0 Å². The fourth-order valence-electron chi connectivity index (χ4n) is 6.32. The van der Waals surface area contributed by atoms with Crippen LogP contribution in [0, 0.1) is 23.2 Å². The number of ether oxygens (including phenoxy) is 4. The summed E-state index contributed by atoms with van der Waals surface area (Å²) >= 11 is 0. The van der Waals surface area contributed by atoms with Crippen molar-refractivity contribution in [2.24, 2.45) is 23.2 Å². The lowest BCUT2D eigenvalue weighted by atomic mass is 9.59. The maximum absolute atomic E-state index is 5.69. The van der Waals surface area contributed by atoms with E-state index in [0.717, 1.165) is 44.7 Å². The molecule has 0 aliphatic heterocycles. The zero-order valence-electron chi connectivity index (χ0n) is 21.9. The van der Waals surface area contributed by atoms with Gasteiger partial charge >= 0.3 is 0 Å². The molecule has 0 atom stereocenters. The highest BCUT2D eigenvalue weighted by Gasteiger charge is 2.45. The van der Waals surface area contributed by atoms with Gasteiger partial charge in [0.2, 0.25) is 0 Å². The Morgan fingerprint density at radius 3 is 1.52 bits per heavy atom. The molecule has 2 fully saturated rings. The zero-order valence-corrected chi connectivity index (χ0v) is 21.9. The van der Waals surface area contributed by atoms with Crippen molar-refractivity contribution < 1.29 is 18.9 Å². The van der Waals surface area contributed by atoms with Gasteiger partial charge in [-0.05, 0) is 49.5 Å². The van der Waals surface area contributed by atoms with E-state index in [4.69, 9.17) is 18.9 Å². The van der Waals surface area contributed by atoms with E-state index in [9.17, 15) is 0 Å². The summed E-state index contributed by atoms with van der Waals surface area (Å²) in [7, 11) is 7.20. The summed E-state index contributed by atoms with van der Waals surface area (Å²) < 4.78 is 21.7. The van der Waals surface area contributed by atoms with Crippen molar-refractivity contribution in [3.05, 3.63) is 35.9 Å². The second-order valence-electron chi connectivity index (χ2n) is 10.2. The Morgan fingerprint density at radius 2 is 1.12 bits per heavy atom. The molecule has 0 unspecified atom stereocenters. The van der Waals surface area contributed by atoms with Gasteiger partial charge in [0.25, 0.3) is 0 Å². The predicted molar refractivity (Wildman–Crippen MR) is 137 cm³/mol. The highest BCUT2D eigenvalue weighted by molar-refractivity contribution is 5.15. The van der Waals surface area contributed by atoms with Gasteiger partial charge in [0.05, 0.1) is 26.4 Å². The van der Waals surface area contributed by atoms with Gasteiger partial charge in [-0.15, -0.1) is 0 Å². The molecule has 0 N–H and O–H groups in total. The monoisotopic (exact) mass is 462 g/mol. The Morgan fingerprint density at radius 1 is 0.667 bits per heavy atom. The van der Waals surface area contributed by atoms with Crippen LogP contribution in [0.4, 0.5) is 0 Å². The molecule has 4 heteroatoms. The van der Waals surface area contributed by atoms with Crippen LogP contribution in [0.25, 0.3) is 0 Å². The molecule has 2 aliphatic rings. The summed E-state index contributed by atoms with van der Waals surface area (Å²) in [5.41, 5.74) is 1.64. The minimum Gasteiger partial charge on any atom is -0.384 e. The molecule has 0 bridgehead atoms.